The number of hydrogen-bond donors (Lipinski definition) is 0. The number of carbonyl (C=O) groups is 1. The Morgan fingerprint density at radius 3 is 2.40 bits per heavy atom. The Labute approximate surface area is 175 Å². The molecule has 0 bridgehead atoms. The number of piperidine rings is 1. The van der Waals surface area contributed by atoms with Crippen LogP contribution in [0.3, 0.4) is 0 Å². The number of carbonyl (C=O) groups excluding carboxylic acids is 1. The Morgan fingerprint density at radius 1 is 1.07 bits per heavy atom. The summed E-state index contributed by atoms with van der Waals surface area (Å²) in [4.78, 5) is 21.1. The Kier molecular flexibility index (Phi) is 5.69. The summed E-state index contributed by atoms with van der Waals surface area (Å²) < 4.78 is 38.6. The van der Waals surface area contributed by atoms with Gasteiger partial charge in [0.05, 0.1) is 11.0 Å². The predicted molar refractivity (Wildman–Crippen MR) is 109 cm³/mol. The Balaban J connectivity index is 1.42. The first-order valence-electron chi connectivity index (χ1n) is 10.9. The molecule has 1 aromatic carbocycles. The highest BCUT2D eigenvalue weighted by Gasteiger charge is 2.50. The van der Waals surface area contributed by atoms with Crippen molar-refractivity contribution in [2.24, 2.45) is 11.3 Å². The van der Waals surface area contributed by atoms with Gasteiger partial charge in [0.15, 0.2) is 0 Å². The summed E-state index contributed by atoms with van der Waals surface area (Å²) in [7, 11) is 0. The van der Waals surface area contributed by atoms with E-state index in [1.165, 1.54) is 12.1 Å². The van der Waals surface area contributed by atoms with Crippen molar-refractivity contribution >= 4 is 11.6 Å². The van der Waals surface area contributed by atoms with Crippen molar-refractivity contribution in [3.8, 4) is 0 Å². The monoisotopic (exact) mass is 419 g/mol. The number of halogens is 3. The van der Waals surface area contributed by atoms with Gasteiger partial charge in [-0.05, 0) is 69.2 Å². The average Bonchev–Trinajstić information content (AvgIpc) is 3.04. The zero-order chi connectivity index (χ0) is 21.4. The first-order valence-corrected chi connectivity index (χ1v) is 10.9. The maximum Gasteiger partial charge on any atom is 0.416 e. The summed E-state index contributed by atoms with van der Waals surface area (Å²) in [6.45, 7) is 9.77. The second kappa shape index (κ2) is 8.13. The van der Waals surface area contributed by atoms with Gasteiger partial charge in [0.25, 0.3) is 0 Å². The SMILES string of the molecule is [C-]#[N+]CC1CCC(N2CC[C@@]3(CCCN(c4ccc(C(F)(F)F)cc4)C3)C2=O)CC1. The van der Waals surface area contributed by atoms with Crippen LogP contribution in [0.4, 0.5) is 18.9 Å². The smallest absolute Gasteiger partial charge is 0.370 e. The quantitative estimate of drug-likeness (QED) is 0.645. The third kappa shape index (κ3) is 4.01. The van der Waals surface area contributed by atoms with E-state index in [-0.39, 0.29) is 11.9 Å². The molecule has 3 aliphatic rings. The largest absolute Gasteiger partial charge is 0.416 e. The molecule has 1 atom stereocenters. The fourth-order valence-electron chi connectivity index (χ4n) is 5.56. The van der Waals surface area contributed by atoms with Crippen LogP contribution in [-0.4, -0.2) is 43.0 Å². The molecule has 4 nitrogen and oxygen atoms in total. The molecule has 3 fully saturated rings. The van der Waals surface area contributed by atoms with Gasteiger partial charge in [0.2, 0.25) is 12.5 Å². The number of hydrogen-bond acceptors (Lipinski definition) is 2. The van der Waals surface area contributed by atoms with Crippen molar-refractivity contribution in [3.05, 3.63) is 41.2 Å². The molecule has 0 N–H and O–H groups in total. The van der Waals surface area contributed by atoms with E-state index in [0.717, 1.165) is 75.9 Å². The summed E-state index contributed by atoms with van der Waals surface area (Å²) in [5, 5.41) is 0. The maximum atomic E-state index is 13.5. The molecule has 0 aromatic heterocycles. The first kappa shape index (κ1) is 21.0. The van der Waals surface area contributed by atoms with Crippen LogP contribution in [0.25, 0.3) is 4.85 Å². The van der Waals surface area contributed by atoms with Gasteiger partial charge in [0, 0.05) is 37.3 Å². The summed E-state index contributed by atoms with van der Waals surface area (Å²) in [6.07, 6.45) is 2.20. The highest BCUT2D eigenvalue weighted by Crippen LogP contribution is 2.44. The second-order valence-corrected chi connectivity index (χ2v) is 9.11. The summed E-state index contributed by atoms with van der Waals surface area (Å²) >= 11 is 0. The third-order valence-corrected chi connectivity index (χ3v) is 7.29. The number of amides is 1. The summed E-state index contributed by atoms with van der Waals surface area (Å²) in [5.41, 5.74) is -0.295. The van der Waals surface area contributed by atoms with Gasteiger partial charge in [-0.1, -0.05) is 0 Å². The van der Waals surface area contributed by atoms with Gasteiger partial charge in [-0.15, -0.1) is 0 Å². The van der Waals surface area contributed by atoms with Gasteiger partial charge < -0.3 is 14.6 Å². The van der Waals surface area contributed by atoms with E-state index in [4.69, 9.17) is 6.57 Å². The standard InChI is InChI=1S/C23H28F3N3O/c1-27-15-17-3-7-20(8-4-17)29-14-12-22(21(29)30)11-2-13-28(16-22)19-9-5-18(6-10-19)23(24,25)26/h5-6,9-10,17,20H,2-4,7-8,11-16H2/t17?,20?,22-/m1/s1. The lowest BCUT2D eigenvalue weighted by Gasteiger charge is -2.41. The number of nitrogens with zero attached hydrogens (tertiary/aromatic N) is 3. The molecule has 7 heteroatoms. The lowest BCUT2D eigenvalue weighted by molar-refractivity contribution is -0.139. The fourth-order valence-corrected chi connectivity index (χ4v) is 5.56. The summed E-state index contributed by atoms with van der Waals surface area (Å²) in [6, 6.07) is 5.58. The molecule has 0 unspecified atom stereocenters. The lowest BCUT2D eigenvalue weighted by atomic mass is 9.78. The molecule has 162 valence electrons. The summed E-state index contributed by atoms with van der Waals surface area (Å²) in [5.74, 6) is 0.697. The minimum atomic E-state index is -4.34. The van der Waals surface area contributed by atoms with Crippen molar-refractivity contribution in [2.45, 2.75) is 57.2 Å². The normalized spacial score (nSPS) is 30.0. The molecule has 4 rings (SSSR count). The Bertz CT molecular complexity index is 808. The van der Waals surface area contributed by atoms with Crippen LogP contribution in [0, 0.1) is 17.9 Å². The molecular formula is C23H28F3N3O. The van der Waals surface area contributed by atoms with Crippen molar-refractivity contribution in [3.63, 3.8) is 0 Å². The third-order valence-electron chi connectivity index (χ3n) is 7.29. The van der Waals surface area contributed by atoms with E-state index in [1.54, 1.807) is 0 Å². The molecule has 2 aliphatic heterocycles. The molecule has 2 saturated heterocycles. The Hall–Kier alpha value is -2.23. The van der Waals surface area contributed by atoms with Crippen LogP contribution >= 0.6 is 0 Å². The number of anilines is 1. The molecule has 30 heavy (non-hydrogen) atoms. The van der Waals surface area contributed by atoms with Crippen LogP contribution in [-0.2, 0) is 11.0 Å². The Morgan fingerprint density at radius 2 is 1.77 bits per heavy atom. The van der Waals surface area contributed by atoms with E-state index in [2.05, 4.69) is 14.6 Å². The van der Waals surface area contributed by atoms with Crippen molar-refractivity contribution < 1.29 is 18.0 Å². The van der Waals surface area contributed by atoms with Crippen molar-refractivity contribution in [2.75, 3.05) is 31.1 Å². The molecular weight excluding hydrogens is 391 g/mol. The minimum Gasteiger partial charge on any atom is -0.370 e. The van der Waals surface area contributed by atoms with Gasteiger partial charge in [-0.25, -0.2) is 6.57 Å². The first-order chi connectivity index (χ1) is 14.3. The zero-order valence-corrected chi connectivity index (χ0v) is 17.1. The van der Waals surface area contributed by atoms with Crippen molar-refractivity contribution in [1.29, 1.82) is 0 Å². The highest BCUT2D eigenvalue weighted by molar-refractivity contribution is 5.86. The van der Waals surface area contributed by atoms with Gasteiger partial charge >= 0.3 is 6.18 Å². The molecule has 1 aromatic rings. The van der Waals surface area contributed by atoms with Crippen LogP contribution < -0.4 is 4.90 Å². The van der Waals surface area contributed by atoms with E-state index in [0.29, 0.717) is 19.0 Å². The minimum absolute atomic E-state index is 0.229. The maximum absolute atomic E-state index is 13.5. The molecule has 1 aliphatic carbocycles. The van der Waals surface area contributed by atoms with Crippen LogP contribution in [0.2, 0.25) is 0 Å². The molecule has 0 radical (unpaired) electrons. The second-order valence-electron chi connectivity index (χ2n) is 9.11. The molecule has 1 spiro atoms. The van der Waals surface area contributed by atoms with Crippen LogP contribution in [0.1, 0.15) is 50.5 Å². The van der Waals surface area contributed by atoms with E-state index in [1.807, 2.05) is 0 Å². The predicted octanol–water partition coefficient (Wildman–Crippen LogP) is 5.00. The fraction of sp³-hybridized carbons (Fsp3) is 0.652. The van der Waals surface area contributed by atoms with Crippen LogP contribution in [0.15, 0.2) is 24.3 Å². The topological polar surface area (TPSA) is 27.9 Å². The number of alkyl halides is 3. The molecule has 1 amide bonds. The van der Waals surface area contributed by atoms with Gasteiger partial charge in [-0.3, -0.25) is 4.79 Å². The van der Waals surface area contributed by atoms with Crippen LogP contribution in [0.5, 0.6) is 0 Å². The number of rotatable bonds is 3. The molecule has 1 saturated carbocycles. The number of benzene rings is 1. The highest BCUT2D eigenvalue weighted by atomic mass is 19.4. The molecule has 2 heterocycles. The van der Waals surface area contributed by atoms with Crippen molar-refractivity contribution in [1.82, 2.24) is 4.90 Å². The zero-order valence-electron chi connectivity index (χ0n) is 17.1. The number of likely N-dealkylation sites (tertiary alicyclic amines) is 1. The average molecular weight is 419 g/mol. The van der Waals surface area contributed by atoms with Gasteiger partial charge in [0.1, 0.15) is 0 Å². The van der Waals surface area contributed by atoms with E-state index >= 15 is 0 Å². The van der Waals surface area contributed by atoms with E-state index < -0.39 is 17.2 Å². The van der Waals surface area contributed by atoms with Gasteiger partial charge in [-0.2, -0.15) is 13.2 Å². The van der Waals surface area contributed by atoms with E-state index in [9.17, 15) is 18.0 Å². The lowest BCUT2D eigenvalue weighted by Crippen LogP contribution is -2.50.